The summed E-state index contributed by atoms with van der Waals surface area (Å²) in [5.41, 5.74) is 0.570. The van der Waals surface area contributed by atoms with Crippen LogP contribution in [0, 0.1) is 11.8 Å². The molecule has 2 heterocycles. The molecule has 0 radical (unpaired) electrons. The maximum Gasteiger partial charge on any atom is 0.272 e. The quantitative estimate of drug-likeness (QED) is 0.858. The molecule has 0 aromatic carbocycles. The maximum atomic E-state index is 12.7. The fourth-order valence-electron chi connectivity index (χ4n) is 3.39. The van der Waals surface area contributed by atoms with Crippen LogP contribution in [-0.2, 0) is 0 Å². The number of aromatic nitrogens is 1. The number of nitrogens with zero attached hydrogens (tertiary/aromatic N) is 3. The van der Waals surface area contributed by atoms with Crippen LogP contribution >= 0.6 is 0 Å². The van der Waals surface area contributed by atoms with E-state index in [2.05, 4.69) is 23.7 Å². The second kappa shape index (κ2) is 6.78. The molecule has 3 rings (SSSR count). The molecule has 4 heteroatoms. The van der Waals surface area contributed by atoms with Crippen LogP contribution < -0.4 is 0 Å². The van der Waals surface area contributed by atoms with Crippen LogP contribution in [0.5, 0.6) is 0 Å². The van der Waals surface area contributed by atoms with Gasteiger partial charge in [0.05, 0.1) is 0 Å². The van der Waals surface area contributed by atoms with E-state index >= 15 is 0 Å². The molecule has 0 unspecified atom stereocenters. The third kappa shape index (κ3) is 3.67. The molecule has 0 spiro atoms. The number of carbonyl (C=O) groups excluding carboxylic acids is 1. The van der Waals surface area contributed by atoms with Gasteiger partial charge in [-0.05, 0) is 43.2 Å². The summed E-state index contributed by atoms with van der Waals surface area (Å²) in [6.07, 6.45) is 5.54. The van der Waals surface area contributed by atoms with Crippen LogP contribution in [0.15, 0.2) is 24.4 Å². The molecule has 0 bridgehead atoms. The summed E-state index contributed by atoms with van der Waals surface area (Å²) in [6, 6.07) is 6.03. The smallest absolute Gasteiger partial charge is 0.272 e. The first kappa shape index (κ1) is 15.5. The zero-order chi connectivity index (χ0) is 15.5. The molecule has 2 fully saturated rings. The highest BCUT2D eigenvalue weighted by Gasteiger charge is 2.33. The molecular formula is C18H27N3O. The van der Waals surface area contributed by atoms with E-state index in [1.54, 1.807) is 6.20 Å². The maximum absolute atomic E-state index is 12.7. The third-order valence-electron chi connectivity index (χ3n) is 4.88. The number of pyridine rings is 1. The van der Waals surface area contributed by atoms with Crippen molar-refractivity contribution >= 4 is 5.91 Å². The van der Waals surface area contributed by atoms with Gasteiger partial charge in [0.1, 0.15) is 5.69 Å². The summed E-state index contributed by atoms with van der Waals surface area (Å²) >= 11 is 0. The van der Waals surface area contributed by atoms with Crippen molar-refractivity contribution in [2.24, 2.45) is 11.8 Å². The minimum Gasteiger partial charge on any atom is -0.336 e. The Bertz CT molecular complexity index is 498. The molecule has 1 amide bonds. The average Bonchev–Trinajstić information content (AvgIpc) is 3.35. The molecule has 2 aliphatic rings. The van der Waals surface area contributed by atoms with Gasteiger partial charge in [0.15, 0.2) is 0 Å². The molecule has 120 valence electrons. The summed E-state index contributed by atoms with van der Waals surface area (Å²) < 4.78 is 0. The molecule has 1 saturated heterocycles. The summed E-state index contributed by atoms with van der Waals surface area (Å²) in [5.74, 6) is 1.55. The van der Waals surface area contributed by atoms with E-state index in [1.807, 2.05) is 23.1 Å². The van der Waals surface area contributed by atoms with Gasteiger partial charge in [-0.3, -0.25) is 14.7 Å². The molecule has 1 aromatic rings. The van der Waals surface area contributed by atoms with Gasteiger partial charge in [-0.15, -0.1) is 0 Å². The van der Waals surface area contributed by atoms with E-state index in [9.17, 15) is 4.79 Å². The van der Waals surface area contributed by atoms with Gasteiger partial charge in [0.25, 0.3) is 5.91 Å². The summed E-state index contributed by atoms with van der Waals surface area (Å²) in [7, 11) is 0. The lowest BCUT2D eigenvalue weighted by Crippen LogP contribution is -2.46. The second-order valence-electron chi connectivity index (χ2n) is 7.07. The van der Waals surface area contributed by atoms with Crippen molar-refractivity contribution in [3.63, 3.8) is 0 Å². The van der Waals surface area contributed by atoms with Crippen LogP contribution in [0.1, 0.15) is 43.6 Å². The van der Waals surface area contributed by atoms with Gasteiger partial charge in [-0.25, -0.2) is 0 Å². The molecule has 1 aromatic heterocycles. The Morgan fingerprint density at radius 2 is 2.14 bits per heavy atom. The standard InChI is InChI=1S/C18H27N3O/c1-14(2)17-13-21(18(22)16-6-3-4-9-19-16)11-5-10-20(17)12-15-7-8-15/h3-4,6,9,14-15,17H,5,7-8,10-13H2,1-2H3/t17-/m0/s1. The van der Waals surface area contributed by atoms with E-state index < -0.39 is 0 Å². The van der Waals surface area contributed by atoms with Crippen molar-refractivity contribution in [2.45, 2.75) is 39.2 Å². The van der Waals surface area contributed by atoms with Crippen LogP contribution in [0.2, 0.25) is 0 Å². The Balaban J connectivity index is 1.72. The molecule has 1 saturated carbocycles. The topological polar surface area (TPSA) is 36.4 Å². The summed E-state index contributed by atoms with van der Waals surface area (Å²) in [4.78, 5) is 21.6. The number of carbonyl (C=O) groups is 1. The molecular weight excluding hydrogens is 274 g/mol. The van der Waals surface area contributed by atoms with Gasteiger partial charge in [0, 0.05) is 38.4 Å². The van der Waals surface area contributed by atoms with Gasteiger partial charge >= 0.3 is 0 Å². The normalized spacial score (nSPS) is 23.6. The van der Waals surface area contributed by atoms with Crippen LogP contribution in [-0.4, -0.2) is 52.9 Å². The predicted molar refractivity (Wildman–Crippen MR) is 87.7 cm³/mol. The zero-order valence-electron chi connectivity index (χ0n) is 13.7. The van der Waals surface area contributed by atoms with Crippen molar-refractivity contribution in [3.8, 4) is 0 Å². The Morgan fingerprint density at radius 3 is 2.77 bits per heavy atom. The molecule has 22 heavy (non-hydrogen) atoms. The van der Waals surface area contributed by atoms with E-state index in [0.717, 1.165) is 32.0 Å². The molecule has 4 nitrogen and oxygen atoms in total. The fourth-order valence-corrected chi connectivity index (χ4v) is 3.39. The predicted octanol–water partition coefficient (Wildman–Crippen LogP) is 2.66. The second-order valence-corrected chi connectivity index (χ2v) is 7.07. The number of hydrogen-bond donors (Lipinski definition) is 0. The average molecular weight is 301 g/mol. The van der Waals surface area contributed by atoms with Crippen LogP contribution in [0.4, 0.5) is 0 Å². The number of amides is 1. The van der Waals surface area contributed by atoms with E-state index in [4.69, 9.17) is 0 Å². The highest BCUT2D eigenvalue weighted by atomic mass is 16.2. The lowest BCUT2D eigenvalue weighted by atomic mass is 10.0. The lowest BCUT2D eigenvalue weighted by Gasteiger charge is -2.34. The first-order valence-electron chi connectivity index (χ1n) is 8.59. The lowest BCUT2D eigenvalue weighted by molar-refractivity contribution is 0.0698. The summed E-state index contributed by atoms with van der Waals surface area (Å²) in [6.45, 7) is 8.57. The number of rotatable bonds is 4. The highest BCUT2D eigenvalue weighted by Crippen LogP contribution is 2.32. The molecule has 0 N–H and O–H groups in total. The summed E-state index contributed by atoms with van der Waals surface area (Å²) in [5, 5.41) is 0. The molecule has 1 atom stereocenters. The Hall–Kier alpha value is -1.42. The van der Waals surface area contributed by atoms with Gasteiger partial charge in [-0.2, -0.15) is 0 Å². The molecule has 1 aliphatic heterocycles. The molecule has 1 aliphatic carbocycles. The third-order valence-corrected chi connectivity index (χ3v) is 4.88. The van der Waals surface area contributed by atoms with Gasteiger partial charge in [0.2, 0.25) is 0 Å². The van der Waals surface area contributed by atoms with Crippen LogP contribution in [0.3, 0.4) is 0 Å². The van der Waals surface area contributed by atoms with Crippen molar-refractivity contribution in [1.29, 1.82) is 0 Å². The monoisotopic (exact) mass is 301 g/mol. The zero-order valence-corrected chi connectivity index (χ0v) is 13.7. The first-order valence-corrected chi connectivity index (χ1v) is 8.59. The number of hydrogen-bond acceptors (Lipinski definition) is 3. The van der Waals surface area contributed by atoms with E-state index in [-0.39, 0.29) is 5.91 Å². The highest BCUT2D eigenvalue weighted by molar-refractivity contribution is 5.92. The van der Waals surface area contributed by atoms with Crippen LogP contribution in [0.25, 0.3) is 0 Å². The minimum absolute atomic E-state index is 0.0829. The van der Waals surface area contributed by atoms with Crippen molar-refractivity contribution in [2.75, 3.05) is 26.2 Å². The van der Waals surface area contributed by atoms with Gasteiger partial charge in [-0.1, -0.05) is 19.9 Å². The van der Waals surface area contributed by atoms with E-state index in [1.165, 1.54) is 19.4 Å². The SMILES string of the molecule is CC(C)[C@@H]1CN(C(=O)c2ccccn2)CCCN1CC1CC1. The van der Waals surface area contributed by atoms with E-state index in [0.29, 0.717) is 17.7 Å². The largest absolute Gasteiger partial charge is 0.336 e. The van der Waals surface area contributed by atoms with Crippen molar-refractivity contribution < 1.29 is 4.79 Å². The Kier molecular flexibility index (Phi) is 4.77. The van der Waals surface area contributed by atoms with Gasteiger partial charge < -0.3 is 4.90 Å². The first-order chi connectivity index (χ1) is 10.6. The van der Waals surface area contributed by atoms with Crippen molar-refractivity contribution in [3.05, 3.63) is 30.1 Å². The Morgan fingerprint density at radius 1 is 1.32 bits per heavy atom. The fraction of sp³-hybridized carbons (Fsp3) is 0.667. The Labute approximate surface area is 133 Å². The van der Waals surface area contributed by atoms with Crippen molar-refractivity contribution in [1.82, 2.24) is 14.8 Å². The minimum atomic E-state index is 0.0829.